The molecule has 2 fully saturated rings. The van der Waals surface area contributed by atoms with E-state index in [0.717, 1.165) is 44.6 Å². The quantitative estimate of drug-likeness (QED) is 0.487. The van der Waals surface area contributed by atoms with Gasteiger partial charge in [-0.2, -0.15) is 0 Å². The highest BCUT2D eigenvalue weighted by Gasteiger charge is 2.56. The van der Waals surface area contributed by atoms with Crippen molar-refractivity contribution < 1.29 is 27.8 Å². The van der Waals surface area contributed by atoms with Gasteiger partial charge in [0.05, 0.1) is 22.7 Å². The molecule has 0 heterocycles. The first-order valence-corrected chi connectivity index (χ1v) is 14.4. The minimum absolute atomic E-state index is 0.0156. The van der Waals surface area contributed by atoms with Crippen molar-refractivity contribution in [3.05, 3.63) is 51.0 Å². The first kappa shape index (κ1) is 25.6. The van der Waals surface area contributed by atoms with Gasteiger partial charge in [-0.25, -0.2) is 18.4 Å². The van der Waals surface area contributed by atoms with E-state index in [4.69, 9.17) is 37.8 Å². The number of primary sulfonamides is 1. The Hall–Kier alpha value is -2.00. The Bertz CT molecular complexity index is 1350. The second kappa shape index (κ2) is 9.08. The van der Waals surface area contributed by atoms with Crippen LogP contribution in [0.4, 0.5) is 0 Å². The molecule has 3 N–H and O–H groups in total. The van der Waals surface area contributed by atoms with E-state index in [-0.39, 0.29) is 37.8 Å². The number of hydrogen-bond donors (Lipinski definition) is 2. The fourth-order valence-electron chi connectivity index (χ4n) is 6.99. The van der Waals surface area contributed by atoms with E-state index in [0.29, 0.717) is 23.5 Å². The summed E-state index contributed by atoms with van der Waals surface area (Å²) in [4.78, 5) is 12.8. The lowest BCUT2D eigenvalue weighted by molar-refractivity contribution is -0.0428. The van der Waals surface area contributed by atoms with E-state index >= 15 is 0 Å². The number of rotatable bonds is 4. The van der Waals surface area contributed by atoms with Gasteiger partial charge >= 0.3 is 5.97 Å². The molecule has 2 aromatic rings. The van der Waals surface area contributed by atoms with Gasteiger partial charge in [0, 0.05) is 5.41 Å². The molecule has 2 aromatic carbocycles. The zero-order valence-electron chi connectivity index (χ0n) is 20.1. The molecule has 0 aromatic heterocycles. The lowest BCUT2D eigenvalue weighted by Crippen LogP contribution is -2.45. The Morgan fingerprint density at radius 1 is 1.11 bits per heavy atom. The predicted octanol–water partition coefficient (Wildman–Crippen LogP) is 5.44. The number of carbonyl (C=O) groups excluding carboxylic acids is 1. The van der Waals surface area contributed by atoms with Crippen molar-refractivity contribution >= 4 is 39.2 Å². The lowest BCUT2D eigenvalue weighted by Gasteiger charge is -2.50. The standard InChI is InChI=1S/C26H29Cl2NO6S/c1-26-8-7-14-15(4-3-13-9-21(30)22(34-2)10-16(13)14)18(26)5-6-24(26)35-25(31)17-11-23(36(29,32)33)20(28)12-19(17)27/h9-12,14-15,18,24,30H,3-8H2,1-2H3,(H2,29,32,33)/t14?,15?,18?,24-,26-/m0/s1. The third-order valence-electron chi connectivity index (χ3n) is 8.73. The summed E-state index contributed by atoms with van der Waals surface area (Å²) in [6, 6.07) is 6.12. The molecule has 0 amide bonds. The van der Waals surface area contributed by atoms with Crippen LogP contribution in [0, 0.1) is 17.3 Å². The fraction of sp³-hybridized carbons (Fsp3) is 0.500. The molecule has 5 rings (SSSR count). The van der Waals surface area contributed by atoms with Crippen LogP contribution < -0.4 is 9.88 Å². The monoisotopic (exact) mass is 553 g/mol. The van der Waals surface area contributed by atoms with Crippen molar-refractivity contribution in [2.24, 2.45) is 22.4 Å². The van der Waals surface area contributed by atoms with E-state index < -0.39 is 16.0 Å². The number of halogens is 2. The maximum atomic E-state index is 13.2. The summed E-state index contributed by atoms with van der Waals surface area (Å²) in [5.41, 5.74) is 2.18. The molecule has 0 spiro atoms. The number of hydrogen-bond acceptors (Lipinski definition) is 6. The highest BCUT2D eigenvalue weighted by Crippen LogP contribution is 2.62. The number of benzene rings is 2. The van der Waals surface area contributed by atoms with Gasteiger partial charge in [0.1, 0.15) is 11.0 Å². The summed E-state index contributed by atoms with van der Waals surface area (Å²) < 4.78 is 35.1. The maximum absolute atomic E-state index is 13.2. The average Bonchev–Trinajstić information content (AvgIpc) is 3.13. The number of ether oxygens (including phenoxy) is 2. The van der Waals surface area contributed by atoms with Crippen molar-refractivity contribution in [2.45, 2.75) is 62.4 Å². The van der Waals surface area contributed by atoms with Crippen molar-refractivity contribution in [2.75, 3.05) is 7.11 Å². The minimum Gasteiger partial charge on any atom is -0.504 e. The second-order valence-electron chi connectivity index (χ2n) is 10.5. The zero-order chi connectivity index (χ0) is 26.0. The molecule has 194 valence electrons. The van der Waals surface area contributed by atoms with Gasteiger partial charge in [0.2, 0.25) is 10.0 Å². The predicted molar refractivity (Wildman–Crippen MR) is 136 cm³/mol. The second-order valence-corrected chi connectivity index (χ2v) is 12.8. The molecular weight excluding hydrogens is 525 g/mol. The Balaban J connectivity index is 1.39. The van der Waals surface area contributed by atoms with E-state index in [2.05, 4.69) is 6.92 Å². The number of aryl methyl sites for hydroxylation is 1. The van der Waals surface area contributed by atoms with E-state index in [9.17, 15) is 18.3 Å². The number of esters is 1. The van der Waals surface area contributed by atoms with Gasteiger partial charge in [0.25, 0.3) is 0 Å². The summed E-state index contributed by atoms with van der Waals surface area (Å²) in [6.45, 7) is 2.20. The van der Waals surface area contributed by atoms with Gasteiger partial charge in [-0.15, -0.1) is 0 Å². The number of nitrogens with two attached hydrogens (primary N) is 1. The summed E-state index contributed by atoms with van der Waals surface area (Å²) in [5, 5.41) is 15.3. The van der Waals surface area contributed by atoms with Crippen molar-refractivity contribution in [1.82, 2.24) is 0 Å². The number of carbonyl (C=O) groups is 1. The van der Waals surface area contributed by atoms with Crippen LogP contribution in [0.5, 0.6) is 11.5 Å². The smallest absolute Gasteiger partial charge is 0.339 e. The van der Waals surface area contributed by atoms with Crippen LogP contribution in [0.1, 0.15) is 66.4 Å². The molecule has 0 saturated heterocycles. The fourth-order valence-corrected chi connectivity index (χ4v) is 8.39. The molecule has 7 nitrogen and oxygen atoms in total. The first-order valence-electron chi connectivity index (χ1n) is 12.1. The molecule has 3 aliphatic rings. The number of phenols is 1. The lowest BCUT2D eigenvalue weighted by atomic mass is 9.55. The zero-order valence-corrected chi connectivity index (χ0v) is 22.4. The van der Waals surface area contributed by atoms with Gasteiger partial charge in [-0.05, 0) is 91.7 Å². The molecule has 36 heavy (non-hydrogen) atoms. The normalized spacial score (nSPS) is 29.1. The first-order chi connectivity index (χ1) is 16.9. The summed E-state index contributed by atoms with van der Waals surface area (Å²) in [7, 11) is -2.57. The number of methoxy groups -OCH3 is 1. The van der Waals surface area contributed by atoms with Crippen LogP contribution in [-0.2, 0) is 21.2 Å². The van der Waals surface area contributed by atoms with Crippen LogP contribution in [0.2, 0.25) is 10.0 Å². The molecule has 10 heteroatoms. The number of sulfonamides is 1. The van der Waals surface area contributed by atoms with E-state index in [1.54, 1.807) is 7.11 Å². The molecule has 0 bridgehead atoms. The highest BCUT2D eigenvalue weighted by atomic mass is 35.5. The van der Waals surface area contributed by atoms with Crippen molar-refractivity contribution in [3.8, 4) is 11.5 Å². The molecule has 3 unspecified atom stereocenters. The highest BCUT2D eigenvalue weighted by molar-refractivity contribution is 7.89. The average molecular weight is 554 g/mol. The minimum atomic E-state index is -4.13. The molecule has 0 radical (unpaired) electrons. The largest absolute Gasteiger partial charge is 0.504 e. The van der Waals surface area contributed by atoms with Crippen molar-refractivity contribution in [1.29, 1.82) is 0 Å². The summed E-state index contributed by atoms with van der Waals surface area (Å²) >= 11 is 12.2. The van der Waals surface area contributed by atoms with E-state index in [1.165, 1.54) is 17.2 Å². The Labute approximate surface area is 220 Å². The van der Waals surface area contributed by atoms with Gasteiger partial charge in [-0.1, -0.05) is 30.1 Å². The molecule has 3 aliphatic carbocycles. The maximum Gasteiger partial charge on any atom is 0.339 e. The van der Waals surface area contributed by atoms with Crippen LogP contribution in [0.25, 0.3) is 0 Å². The molecular formula is C26H29Cl2NO6S. The van der Waals surface area contributed by atoms with Gasteiger partial charge < -0.3 is 14.6 Å². The Morgan fingerprint density at radius 2 is 1.86 bits per heavy atom. The number of aromatic hydroxyl groups is 1. The van der Waals surface area contributed by atoms with E-state index in [1.807, 2.05) is 12.1 Å². The summed E-state index contributed by atoms with van der Waals surface area (Å²) in [5.74, 6) is 1.20. The third kappa shape index (κ3) is 4.16. The van der Waals surface area contributed by atoms with Gasteiger partial charge in [0.15, 0.2) is 11.5 Å². The van der Waals surface area contributed by atoms with Crippen LogP contribution in [0.3, 0.4) is 0 Å². The number of fused-ring (bicyclic) bond motifs is 5. The third-order valence-corrected chi connectivity index (χ3v) is 10.4. The Kier molecular flexibility index (Phi) is 6.47. The van der Waals surface area contributed by atoms with Crippen molar-refractivity contribution in [3.63, 3.8) is 0 Å². The number of phenolic OH excluding ortho intramolecular Hbond substituents is 1. The molecule has 2 saturated carbocycles. The SMILES string of the molecule is COc1cc2c(cc1O)CCC1C2CC[C@@]2(C)C1CC[C@@H]2OC(=O)c1cc(S(N)(=O)=O)c(Cl)cc1Cl. The molecule has 5 atom stereocenters. The molecule has 0 aliphatic heterocycles. The van der Waals surface area contributed by atoms with Crippen LogP contribution in [0.15, 0.2) is 29.2 Å². The van der Waals surface area contributed by atoms with Crippen LogP contribution >= 0.6 is 23.2 Å². The Morgan fingerprint density at radius 3 is 2.56 bits per heavy atom. The van der Waals surface area contributed by atoms with Crippen LogP contribution in [-0.4, -0.2) is 32.7 Å². The topological polar surface area (TPSA) is 116 Å². The van der Waals surface area contributed by atoms with Gasteiger partial charge in [-0.3, -0.25) is 0 Å². The summed E-state index contributed by atoms with van der Waals surface area (Å²) in [6.07, 6.45) is 5.11.